The van der Waals surface area contributed by atoms with Crippen molar-refractivity contribution >= 4 is 44.8 Å². The predicted molar refractivity (Wildman–Crippen MR) is 96.9 cm³/mol. The lowest BCUT2D eigenvalue weighted by Crippen LogP contribution is -2.10. The SMILES string of the molecule is Cc1cc(C)c(C(C)Nc2ccc(Br)c(Cl)c2Cl)c(C)c1. The Morgan fingerprint density at radius 2 is 1.57 bits per heavy atom. The number of rotatable bonds is 3. The molecule has 2 aromatic carbocycles. The molecule has 0 spiro atoms. The Kier molecular flexibility index (Phi) is 5.24. The van der Waals surface area contributed by atoms with Gasteiger partial charge in [-0.2, -0.15) is 0 Å². The number of halogens is 3. The van der Waals surface area contributed by atoms with Gasteiger partial charge in [0.25, 0.3) is 0 Å². The summed E-state index contributed by atoms with van der Waals surface area (Å²) < 4.78 is 0.801. The molecule has 0 saturated carbocycles. The second-order valence-electron chi connectivity index (χ2n) is 5.40. The summed E-state index contributed by atoms with van der Waals surface area (Å²) in [6.45, 7) is 8.54. The van der Waals surface area contributed by atoms with E-state index in [2.05, 4.69) is 61.1 Å². The summed E-state index contributed by atoms with van der Waals surface area (Å²) in [6.07, 6.45) is 0. The van der Waals surface area contributed by atoms with Gasteiger partial charge in [-0.15, -0.1) is 0 Å². The highest BCUT2D eigenvalue weighted by Crippen LogP contribution is 2.37. The molecule has 4 heteroatoms. The van der Waals surface area contributed by atoms with E-state index in [0.717, 1.165) is 10.2 Å². The molecule has 0 heterocycles. The van der Waals surface area contributed by atoms with Gasteiger partial charge in [-0.25, -0.2) is 0 Å². The third-order valence-electron chi connectivity index (χ3n) is 3.58. The smallest absolute Gasteiger partial charge is 0.0835 e. The van der Waals surface area contributed by atoms with Gasteiger partial charge in [-0.1, -0.05) is 40.9 Å². The van der Waals surface area contributed by atoms with Crippen molar-refractivity contribution in [2.24, 2.45) is 0 Å². The molecule has 0 aliphatic heterocycles. The lowest BCUT2D eigenvalue weighted by atomic mass is 9.95. The molecule has 1 atom stereocenters. The van der Waals surface area contributed by atoms with Gasteiger partial charge >= 0.3 is 0 Å². The van der Waals surface area contributed by atoms with Gasteiger partial charge in [0.05, 0.1) is 15.7 Å². The quantitative estimate of drug-likeness (QED) is 0.568. The largest absolute Gasteiger partial charge is 0.377 e. The van der Waals surface area contributed by atoms with Gasteiger partial charge in [0.2, 0.25) is 0 Å². The van der Waals surface area contributed by atoms with Crippen LogP contribution in [0.4, 0.5) is 5.69 Å². The zero-order valence-electron chi connectivity index (χ0n) is 12.5. The van der Waals surface area contributed by atoms with Crippen molar-refractivity contribution in [3.63, 3.8) is 0 Å². The second kappa shape index (κ2) is 6.60. The summed E-state index contributed by atoms with van der Waals surface area (Å²) in [5.41, 5.74) is 6.00. The number of benzene rings is 2. The van der Waals surface area contributed by atoms with Crippen LogP contribution in [0.15, 0.2) is 28.7 Å². The summed E-state index contributed by atoms with van der Waals surface area (Å²) in [7, 11) is 0. The van der Waals surface area contributed by atoms with Crippen LogP contribution in [-0.4, -0.2) is 0 Å². The first-order valence-electron chi connectivity index (χ1n) is 6.79. The third kappa shape index (κ3) is 3.56. The van der Waals surface area contributed by atoms with Crippen LogP contribution in [0.2, 0.25) is 10.0 Å². The molecule has 0 bridgehead atoms. The fourth-order valence-corrected chi connectivity index (χ4v) is 3.65. The number of hydrogen-bond donors (Lipinski definition) is 1. The standard InChI is InChI=1S/C17H18BrCl2N/c1-9-7-10(2)15(11(3)8-9)12(4)21-14-6-5-13(18)16(19)17(14)20/h5-8,12,21H,1-4H3. The van der Waals surface area contributed by atoms with E-state index < -0.39 is 0 Å². The van der Waals surface area contributed by atoms with E-state index in [1.54, 1.807) is 0 Å². The van der Waals surface area contributed by atoms with Gasteiger partial charge in [0, 0.05) is 10.5 Å². The molecule has 0 aliphatic rings. The van der Waals surface area contributed by atoms with E-state index in [-0.39, 0.29) is 6.04 Å². The maximum absolute atomic E-state index is 6.31. The normalized spacial score (nSPS) is 12.3. The Hall–Kier alpha value is -0.700. The minimum absolute atomic E-state index is 0.153. The van der Waals surface area contributed by atoms with Gasteiger partial charge < -0.3 is 5.32 Å². The first-order chi connectivity index (χ1) is 9.81. The molecule has 1 unspecified atom stereocenters. The maximum atomic E-state index is 6.31. The monoisotopic (exact) mass is 385 g/mol. The Morgan fingerprint density at radius 1 is 1.00 bits per heavy atom. The summed E-state index contributed by atoms with van der Waals surface area (Å²) in [4.78, 5) is 0. The summed E-state index contributed by atoms with van der Waals surface area (Å²) in [6, 6.07) is 8.40. The number of hydrogen-bond acceptors (Lipinski definition) is 1. The van der Waals surface area contributed by atoms with E-state index in [4.69, 9.17) is 23.2 Å². The van der Waals surface area contributed by atoms with Gasteiger partial charge in [-0.3, -0.25) is 0 Å². The molecule has 1 N–H and O–H groups in total. The highest BCUT2D eigenvalue weighted by molar-refractivity contribution is 9.10. The average Bonchev–Trinajstić information content (AvgIpc) is 2.38. The van der Waals surface area contributed by atoms with Crippen molar-refractivity contribution < 1.29 is 0 Å². The topological polar surface area (TPSA) is 12.0 Å². The molecule has 0 amide bonds. The highest BCUT2D eigenvalue weighted by atomic mass is 79.9. The number of aryl methyl sites for hydroxylation is 3. The fraction of sp³-hybridized carbons (Fsp3) is 0.294. The lowest BCUT2D eigenvalue weighted by Gasteiger charge is -2.22. The minimum atomic E-state index is 0.153. The van der Waals surface area contributed by atoms with E-state index in [9.17, 15) is 0 Å². The Bertz CT molecular complexity index is 660. The van der Waals surface area contributed by atoms with Gasteiger partial charge in [-0.05, 0) is 72.4 Å². The molecule has 21 heavy (non-hydrogen) atoms. The van der Waals surface area contributed by atoms with Crippen molar-refractivity contribution in [1.82, 2.24) is 0 Å². The van der Waals surface area contributed by atoms with E-state index in [0.29, 0.717) is 10.0 Å². The van der Waals surface area contributed by atoms with Crippen LogP contribution in [-0.2, 0) is 0 Å². The summed E-state index contributed by atoms with van der Waals surface area (Å²) >= 11 is 15.9. The molecular formula is C17H18BrCl2N. The average molecular weight is 387 g/mol. The van der Waals surface area contributed by atoms with Gasteiger partial charge in [0.15, 0.2) is 0 Å². The van der Waals surface area contributed by atoms with Crippen LogP contribution in [0.25, 0.3) is 0 Å². The molecule has 1 nitrogen and oxygen atoms in total. The summed E-state index contributed by atoms with van der Waals surface area (Å²) in [5.74, 6) is 0. The Balaban J connectivity index is 2.35. The van der Waals surface area contributed by atoms with E-state index in [1.807, 2.05) is 12.1 Å². The van der Waals surface area contributed by atoms with Crippen LogP contribution in [0.5, 0.6) is 0 Å². The van der Waals surface area contributed by atoms with Crippen LogP contribution < -0.4 is 5.32 Å². The van der Waals surface area contributed by atoms with Crippen LogP contribution in [0.3, 0.4) is 0 Å². The second-order valence-corrected chi connectivity index (χ2v) is 7.01. The van der Waals surface area contributed by atoms with Gasteiger partial charge in [0.1, 0.15) is 0 Å². The van der Waals surface area contributed by atoms with Crippen molar-refractivity contribution in [1.29, 1.82) is 0 Å². The predicted octanol–water partition coefficient (Wildman–Crippen LogP) is 6.85. The van der Waals surface area contributed by atoms with Crippen LogP contribution in [0, 0.1) is 20.8 Å². The van der Waals surface area contributed by atoms with Crippen molar-refractivity contribution in [2.45, 2.75) is 33.7 Å². The molecule has 112 valence electrons. The molecule has 0 saturated heterocycles. The molecule has 0 fully saturated rings. The summed E-state index contributed by atoms with van der Waals surface area (Å²) in [5, 5.41) is 4.53. The highest BCUT2D eigenvalue weighted by Gasteiger charge is 2.15. The molecule has 0 radical (unpaired) electrons. The third-order valence-corrected chi connectivity index (χ3v) is 5.35. The Labute approximate surface area is 144 Å². The molecule has 2 rings (SSSR count). The molecule has 0 aliphatic carbocycles. The van der Waals surface area contributed by atoms with Crippen molar-refractivity contribution in [3.05, 3.63) is 61.0 Å². The van der Waals surface area contributed by atoms with Crippen LogP contribution in [0.1, 0.15) is 35.2 Å². The first kappa shape index (κ1) is 16.7. The zero-order valence-corrected chi connectivity index (χ0v) is 15.6. The lowest BCUT2D eigenvalue weighted by molar-refractivity contribution is 0.862. The fourth-order valence-electron chi connectivity index (χ4n) is 2.82. The molecule has 2 aromatic rings. The van der Waals surface area contributed by atoms with E-state index >= 15 is 0 Å². The Morgan fingerprint density at radius 3 is 2.14 bits per heavy atom. The van der Waals surface area contributed by atoms with Crippen molar-refractivity contribution in [3.8, 4) is 0 Å². The molecular weight excluding hydrogens is 369 g/mol. The minimum Gasteiger partial charge on any atom is -0.377 e. The molecule has 0 aromatic heterocycles. The van der Waals surface area contributed by atoms with E-state index in [1.165, 1.54) is 22.3 Å². The zero-order chi connectivity index (χ0) is 15.7. The number of anilines is 1. The van der Waals surface area contributed by atoms with Crippen LogP contribution >= 0.6 is 39.1 Å². The maximum Gasteiger partial charge on any atom is 0.0835 e. The van der Waals surface area contributed by atoms with Crippen molar-refractivity contribution in [2.75, 3.05) is 5.32 Å². The number of nitrogens with one attached hydrogen (secondary N) is 1. The first-order valence-corrected chi connectivity index (χ1v) is 8.34.